The van der Waals surface area contributed by atoms with Crippen LogP contribution in [0.15, 0.2) is 54.6 Å². The van der Waals surface area contributed by atoms with Gasteiger partial charge in [0, 0.05) is 25.2 Å². The number of benzene rings is 2. The van der Waals surface area contributed by atoms with Crippen LogP contribution in [0.2, 0.25) is 0 Å². The summed E-state index contributed by atoms with van der Waals surface area (Å²) in [6, 6.07) is 20.6. The van der Waals surface area contributed by atoms with Gasteiger partial charge < -0.3 is 9.22 Å². The summed E-state index contributed by atoms with van der Waals surface area (Å²) in [6.45, 7) is 4.42. The SMILES string of the molecule is N#Cc1ccc(CC[N+]23CCC(CC2)[C@@H](OC(=O)C2(c4ccccc4)CCCCCC2)C3)cc1. The van der Waals surface area contributed by atoms with Crippen molar-refractivity contribution in [3.8, 4) is 6.07 Å². The Bertz CT molecular complexity index is 1010. The number of carbonyl (C=O) groups is 1. The lowest BCUT2D eigenvalue weighted by molar-refractivity contribution is -0.946. The van der Waals surface area contributed by atoms with Crippen LogP contribution in [0.4, 0.5) is 0 Å². The van der Waals surface area contributed by atoms with Crippen LogP contribution in [0.3, 0.4) is 0 Å². The van der Waals surface area contributed by atoms with Gasteiger partial charge in [-0.15, -0.1) is 0 Å². The highest BCUT2D eigenvalue weighted by Gasteiger charge is 2.50. The topological polar surface area (TPSA) is 50.1 Å². The van der Waals surface area contributed by atoms with Crippen molar-refractivity contribution in [1.82, 2.24) is 0 Å². The summed E-state index contributed by atoms with van der Waals surface area (Å²) in [6.07, 6.45) is 9.80. The first-order chi connectivity index (χ1) is 16.6. The molecule has 4 nitrogen and oxygen atoms in total. The van der Waals surface area contributed by atoms with Crippen molar-refractivity contribution in [2.45, 2.75) is 69.3 Å². The lowest BCUT2D eigenvalue weighted by atomic mass is 9.74. The second-order valence-corrected chi connectivity index (χ2v) is 10.9. The number of fused-ring (bicyclic) bond motifs is 3. The number of nitriles is 1. The van der Waals surface area contributed by atoms with Crippen LogP contribution in [0.1, 0.15) is 68.1 Å². The Hall–Kier alpha value is -2.64. The van der Waals surface area contributed by atoms with Crippen LogP contribution in [0.25, 0.3) is 0 Å². The molecule has 0 amide bonds. The molecule has 2 aromatic rings. The zero-order valence-corrected chi connectivity index (χ0v) is 20.3. The Morgan fingerprint density at radius 1 is 0.971 bits per heavy atom. The molecular formula is C30H37N2O2+. The minimum absolute atomic E-state index is 0.0320. The van der Waals surface area contributed by atoms with E-state index in [-0.39, 0.29) is 12.1 Å². The van der Waals surface area contributed by atoms with E-state index in [0.29, 0.717) is 11.5 Å². The van der Waals surface area contributed by atoms with Gasteiger partial charge in [-0.25, -0.2) is 0 Å². The van der Waals surface area contributed by atoms with E-state index in [4.69, 9.17) is 10.00 Å². The molecule has 4 fully saturated rings. The average Bonchev–Trinajstić information content (AvgIpc) is 3.16. The predicted octanol–water partition coefficient (Wildman–Crippen LogP) is 5.55. The first-order valence-electron chi connectivity index (χ1n) is 13.2. The smallest absolute Gasteiger partial charge is 0.317 e. The van der Waals surface area contributed by atoms with Gasteiger partial charge in [0.1, 0.15) is 6.54 Å². The van der Waals surface area contributed by atoms with Crippen molar-refractivity contribution in [2.24, 2.45) is 5.92 Å². The Kier molecular flexibility index (Phi) is 6.75. The Morgan fingerprint density at radius 2 is 1.65 bits per heavy atom. The van der Waals surface area contributed by atoms with Crippen LogP contribution in [0, 0.1) is 17.2 Å². The Labute approximate surface area is 204 Å². The molecule has 178 valence electrons. The molecule has 34 heavy (non-hydrogen) atoms. The number of carbonyl (C=O) groups excluding carboxylic acids is 1. The van der Waals surface area contributed by atoms with E-state index in [9.17, 15) is 4.79 Å². The number of rotatable bonds is 6. The molecule has 1 saturated carbocycles. The molecule has 3 aliphatic heterocycles. The monoisotopic (exact) mass is 457 g/mol. The molecule has 0 aromatic heterocycles. The minimum atomic E-state index is -0.475. The second kappa shape index (κ2) is 9.92. The summed E-state index contributed by atoms with van der Waals surface area (Å²) in [5.74, 6) is 0.544. The van der Waals surface area contributed by atoms with Gasteiger partial charge in [0.05, 0.1) is 36.7 Å². The molecule has 2 bridgehead atoms. The van der Waals surface area contributed by atoms with Gasteiger partial charge >= 0.3 is 5.97 Å². The largest absolute Gasteiger partial charge is 0.455 e. The summed E-state index contributed by atoms with van der Waals surface area (Å²) in [5, 5.41) is 9.05. The molecule has 3 heterocycles. The normalized spacial score (nSPS) is 28.0. The maximum Gasteiger partial charge on any atom is 0.317 e. The fraction of sp³-hybridized carbons (Fsp3) is 0.533. The standard InChI is InChI=1S/C30H37N2O2/c31-22-25-12-10-24(11-13-25)14-19-32-20-15-26(16-21-32)28(23-32)34-29(33)30(17-6-1-2-7-18-30)27-8-4-3-5-9-27/h3-5,8-13,26,28H,1-2,6-7,14-21,23H2/q+1/t26?,28-,32?/m0/s1. The van der Waals surface area contributed by atoms with E-state index in [1.807, 2.05) is 18.2 Å². The van der Waals surface area contributed by atoms with Crippen molar-refractivity contribution < 1.29 is 14.0 Å². The van der Waals surface area contributed by atoms with Crippen molar-refractivity contribution in [2.75, 3.05) is 26.2 Å². The number of hydrogen-bond donors (Lipinski definition) is 0. The molecular weight excluding hydrogens is 420 g/mol. The lowest BCUT2D eigenvalue weighted by Gasteiger charge is -2.52. The number of hydrogen-bond acceptors (Lipinski definition) is 3. The van der Waals surface area contributed by atoms with Gasteiger partial charge in [0.2, 0.25) is 0 Å². The van der Waals surface area contributed by atoms with E-state index in [0.717, 1.165) is 68.1 Å². The Balaban J connectivity index is 1.29. The minimum Gasteiger partial charge on any atom is -0.455 e. The highest BCUT2D eigenvalue weighted by Crippen LogP contribution is 2.42. The fourth-order valence-corrected chi connectivity index (χ4v) is 6.73. The van der Waals surface area contributed by atoms with Crippen molar-refractivity contribution >= 4 is 5.97 Å². The summed E-state index contributed by atoms with van der Waals surface area (Å²) < 4.78 is 7.56. The average molecular weight is 458 g/mol. The third-order valence-corrected chi connectivity index (χ3v) is 8.93. The molecule has 3 saturated heterocycles. The third kappa shape index (κ3) is 4.64. The highest BCUT2D eigenvalue weighted by molar-refractivity contribution is 5.83. The van der Waals surface area contributed by atoms with Gasteiger partial charge in [-0.2, -0.15) is 5.26 Å². The predicted molar refractivity (Wildman–Crippen MR) is 133 cm³/mol. The van der Waals surface area contributed by atoms with Gasteiger partial charge in [-0.3, -0.25) is 4.79 Å². The van der Waals surface area contributed by atoms with Crippen molar-refractivity contribution in [3.05, 3.63) is 71.3 Å². The first-order valence-corrected chi connectivity index (χ1v) is 13.2. The van der Waals surface area contributed by atoms with Crippen LogP contribution < -0.4 is 0 Å². The lowest BCUT2D eigenvalue weighted by Crippen LogP contribution is -2.65. The molecule has 0 radical (unpaired) electrons. The summed E-state index contributed by atoms with van der Waals surface area (Å²) in [5.41, 5.74) is 2.67. The van der Waals surface area contributed by atoms with Crippen molar-refractivity contribution in [3.63, 3.8) is 0 Å². The van der Waals surface area contributed by atoms with Gasteiger partial charge in [0.15, 0.2) is 6.10 Å². The molecule has 6 rings (SSSR count). The molecule has 0 spiro atoms. The molecule has 2 aromatic carbocycles. The van der Waals surface area contributed by atoms with Crippen LogP contribution in [0.5, 0.6) is 0 Å². The maximum absolute atomic E-state index is 13.9. The molecule has 0 N–H and O–H groups in total. The number of quaternary nitrogens is 1. The van der Waals surface area contributed by atoms with E-state index in [2.05, 4.69) is 42.5 Å². The summed E-state index contributed by atoms with van der Waals surface area (Å²) in [4.78, 5) is 13.9. The third-order valence-electron chi connectivity index (χ3n) is 8.93. The number of nitrogens with zero attached hydrogens (tertiary/aromatic N) is 2. The molecule has 4 aliphatic rings. The maximum atomic E-state index is 13.9. The molecule has 4 heteroatoms. The first kappa shape index (κ1) is 23.1. The number of piperidine rings is 3. The summed E-state index contributed by atoms with van der Waals surface area (Å²) >= 11 is 0. The van der Waals surface area contributed by atoms with Crippen LogP contribution >= 0.6 is 0 Å². The van der Waals surface area contributed by atoms with E-state index >= 15 is 0 Å². The highest BCUT2D eigenvalue weighted by atomic mass is 16.5. The van der Waals surface area contributed by atoms with Gasteiger partial charge in [-0.1, -0.05) is 68.1 Å². The van der Waals surface area contributed by atoms with Crippen LogP contribution in [-0.2, 0) is 21.4 Å². The number of esters is 1. The quantitative estimate of drug-likeness (QED) is 0.325. The van der Waals surface area contributed by atoms with E-state index in [1.165, 1.54) is 31.5 Å². The van der Waals surface area contributed by atoms with Gasteiger partial charge in [-0.05, 0) is 36.1 Å². The number of ether oxygens (including phenoxy) is 1. The summed E-state index contributed by atoms with van der Waals surface area (Å²) in [7, 11) is 0. The second-order valence-electron chi connectivity index (χ2n) is 10.9. The Morgan fingerprint density at radius 3 is 2.29 bits per heavy atom. The molecule has 1 atom stereocenters. The van der Waals surface area contributed by atoms with Gasteiger partial charge in [0.25, 0.3) is 0 Å². The van der Waals surface area contributed by atoms with Crippen molar-refractivity contribution in [1.29, 1.82) is 5.26 Å². The zero-order chi connectivity index (χ0) is 23.4. The zero-order valence-electron chi connectivity index (χ0n) is 20.3. The molecule has 0 unspecified atom stereocenters. The molecule has 1 aliphatic carbocycles. The fourth-order valence-electron chi connectivity index (χ4n) is 6.73. The van der Waals surface area contributed by atoms with Crippen LogP contribution in [-0.4, -0.2) is 42.7 Å². The van der Waals surface area contributed by atoms with E-state index in [1.54, 1.807) is 0 Å². The van der Waals surface area contributed by atoms with E-state index < -0.39 is 5.41 Å².